The van der Waals surface area contributed by atoms with Crippen LogP contribution in [-0.2, 0) is 6.54 Å². The summed E-state index contributed by atoms with van der Waals surface area (Å²) in [5.74, 6) is 0.560. The molecule has 3 aromatic carbocycles. The summed E-state index contributed by atoms with van der Waals surface area (Å²) in [6.07, 6.45) is 4.51. The van der Waals surface area contributed by atoms with Crippen LogP contribution in [0, 0.1) is 0 Å². The Bertz CT molecular complexity index is 1130. The zero-order chi connectivity index (χ0) is 23.9. The SMILES string of the molecule is COc1ccc(CN(NC(=O)c2ccc(N)cc2)C(=O)c2ccccc2)cc1OC1CCCC1. The largest absolute Gasteiger partial charge is 0.493 e. The van der Waals surface area contributed by atoms with Crippen molar-refractivity contribution in [1.29, 1.82) is 0 Å². The van der Waals surface area contributed by atoms with Crippen molar-refractivity contribution in [2.24, 2.45) is 0 Å². The van der Waals surface area contributed by atoms with Gasteiger partial charge in [0.15, 0.2) is 11.5 Å². The fourth-order valence-corrected chi connectivity index (χ4v) is 4.00. The van der Waals surface area contributed by atoms with Gasteiger partial charge < -0.3 is 15.2 Å². The van der Waals surface area contributed by atoms with Crippen molar-refractivity contribution in [3.05, 3.63) is 89.5 Å². The van der Waals surface area contributed by atoms with E-state index in [1.165, 1.54) is 5.01 Å². The number of nitrogen functional groups attached to an aromatic ring is 1. The third kappa shape index (κ3) is 5.67. The van der Waals surface area contributed by atoms with Crippen molar-refractivity contribution in [2.75, 3.05) is 12.8 Å². The molecule has 1 saturated carbocycles. The molecule has 0 spiro atoms. The molecule has 0 bridgehead atoms. The second-order valence-electron chi connectivity index (χ2n) is 8.33. The number of carbonyl (C=O) groups excluding carboxylic acids is 2. The maximum atomic E-state index is 13.3. The van der Waals surface area contributed by atoms with Gasteiger partial charge in [-0.15, -0.1) is 0 Å². The molecule has 1 aliphatic carbocycles. The highest BCUT2D eigenvalue weighted by Gasteiger charge is 2.22. The number of hydrogen-bond acceptors (Lipinski definition) is 5. The molecule has 0 unspecified atom stereocenters. The van der Waals surface area contributed by atoms with E-state index < -0.39 is 5.91 Å². The van der Waals surface area contributed by atoms with Crippen molar-refractivity contribution in [1.82, 2.24) is 10.4 Å². The van der Waals surface area contributed by atoms with Crippen molar-refractivity contribution >= 4 is 17.5 Å². The van der Waals surface area contributed by atoms with Crippen LogP contribution in [0.3, 0.4) is 0 Å². The summed E-state index contributed by atoms with van der Waals surface area (Å²) in [5.41, 5.74) is 10.7. The average molecular weight is 460 g/mol. The van der Waals surface area contributed by atoms with Crippen molar-refractivity contribution in [2.45, 2.75) is 38.3 Å². The normalized spacial score (nSPS) is 13.3. The lowest BCUT2D eigenvalue weighted by Gasteiger charge is -2.24. The van der Waals surface area contributed by atoms with E-state index in [-0.39, 0.29) is 18.6 Å². The molecule has 176 valence electrons. The zero-order valence-electron chi connectivity index (χ0n) is 19.2. The van der Waals surface area contributed by atoms with E-state index in [1.807, 2.05) is 24.3 Å². The Labute approximate surface area is 199 Å². The summed E-state index contributed by atoms with van der Waals surface area (Å²) in [6.45, 7) is 0.152. The Morgan fingerprint density at radius 2 is 1.65 bits per heavy atom. The summed E-state index contributed by atoms with van der Waals surface area (Å²) < 4.78 is 11.7. The van der Waals surface area contributed by atoms with Crippen LogP contribution in [0.5, 0.6) is 11.5 Å². The molecule has 0 saturated heterocycles. The number of hydrazine groups is 1. The lowest BCUT2D eigenvalue weighted by atomic mass is 10.1. The van der Waals surface area contributed by atoms with Gasteiger partial charge in [-0.05, 0) is 79.8 Å². The number of amides is 2. The summed E-state index contributed by atoms with van der Waals surface area (Å²) in [5, 5.41) is 1.31. The quantitative estimate of drug-likeness (QED) is 0.398. The van der Waals surface area contributed by atoms with Crippen LogP contribution in [0.2, 0.25) is 0 Å². The van der Waals surface area contributed by atoms with Crippen LogP contribution in [0.15, 0.2) is 72.8 Å². The summed E-state index contributed by atoms with van der Waals surface area (Å²) in [7, 11) is 1.61. The van der Waals surface area contributed by atoms with E-state index in [2.05, 4.69) is 5.43 Å². The number of ether oxygens (including phenoxy) is 2. The Balaban J connectivity index is 1.58. The Hall–Kier alpha value is -4.00. The van der Waals surface area contributed by atoms with Crippen molar-refractivity contribution in [3.8, 4) is 11.5 Å². The highest BCUT2D eigenvalue weighted by Crippen LogP contribution is 2.32. The molecule has 1 aliphatic rings. The minimum Gasteiger partial charge on any atom is -0.493 e. The lowest BCUT2D eigenvalue weighted by Crippen LogP contribution is -2.45. The number of anilines is 1. The molecule has 7 heteroatoms. The average Bonchev–Trinajstić information content (AvgIpc) is 3.37. The molecule has 4 rings (SSSR count). The first kappa shape index (κ1) is 23.2. The standard InChI is InChI=1S/C27H29N3O4/c1-33-24-16-11-19(17-25(24)34-23-9-5-6-10-23)18-30(27(32)21-7-3-2-4-8-21)29-26(31)20-12-14-22(28)15-13-20/h2-4,7-8,11-17,23H,5-6,9-10,18,28H2,1H3,(H,29,31). The Kier molecular flexibility index (Phi) is 7.32. The predicted molar refractivity (Wildman–Crippen MR) is 131 cm³/mol. The number of hydrogen-bond donors (Lipinski definition) is 2. The Morgan fingerprint density at radius 1 is 0.941 bits per heavy atom. The monoisotopic (exact) mass is 459 g/mol. The van der Waals surface area contributed by atoms with Crippen LogP contribution >= 0.6 is 0 Å². The van der Waals surface area contributed by atoms with Crippen LogP contribution in [-0.4, -0.2) is 30.0 Å². The molecule has 0 aromatic heterocycles. The minimum atomic E-state index is -0.403. The maximum Gasteiger partial charge on any atom is 0.272 e. The van der Waals surface area contributed by atoms with Gasteiger partial charge in [0.2, 0.25) is 0 Å². The zero-order valence-corrected chi connectivity index (χ0v) is 19.2. The first-order valence-corrected chi connectivity index (χ1v) is 11.4. The lowest BCUT2D eigenvalue weighted by molar-refractivity contribution is 0.0566. The van der Waals surface area contributed by atoms with Gasteiger partial charge in [0.25, 0.3) is 11.8 Å². The van der Waals surface area contributed by atoms with Gasteiger partial charge >= 0.3 is 0 Å². The van der Waals surface area contributed by atoms with Gasteiger partial charge in [-0.3, -0.25) is 15.0 Å². The van der Waals surface area contributed by atoms with Gasteiger partial charge in [0.1, 0.15) is 0 Å². The smallest absolute Gasteiger partial charge is 0.272 e. The van der Waals surface area contributed by atoms with Gasteiger partial charge in [-0.2, -0.15) is 0 Å². The second kappa shape index (κ2) is 10.7. The van der Waals surface area contributed by atoms with E-state index in [1.54, 1.807) is 55.6 Å². The predicted octanol–water partition coefficient (Wildman–Crippen LogP) is 4.59. The first-order valence-electron chi connectivity index (χ1n) is 11.4. The van der Waals surface area contributed by atoms with Gasteiger partial charge in [-0.1, -0.05) is 24.3 Å². The van der Waals surface area contributed by atoms with Crippen molar-refractivity contribution < 1.29 is 19.1 Å². The number of nitrogens with two attached hydrogens (primary N) is 1. The van der Waals surface area contributed by atoms with E-state index in [9.17, 15) is 9.59 Å². The third-order valence-electron chi connectivity index (χ3n) is 5.84. The molecular formula is C27H29N3O4. The van der Waals surface area contributed by atoms with Crippen LogP contribution < -0.4 is 20.6 Å². The van der Waals surface area contributed by atoms with Gasteiger partial charge in [0, 0.05) is 16.8 Å². The number of nitrogens with zero attached hydrogens (tertiary/aromatic N) is 1. The first-order chi connectivity index (χ1) is 16.5. The maximum absolute atomic E-state index is 13.3. The van der Waals surface area contributed by atoms with E-state index in [0.717, 1.165) is 31.2 Å². The number of rotatable bonds is 7. The molecule has 1 fully saturated rings. The fourth-order valence-electron chi connectivity index (χ4n) is 4.00. The number of carbonyl (C=O) groups is 2. The molecular weight excluding hydrogens is 430 g/mol. The molecule has 0 aliphatic heterocycles. The van der Waals surface area contributed by atoms with Gasteiger partial charge in [0.05, 0.1) is 19.8 Å². The number of methoxy groups -OCH3 is 1. The highest BCUT2D eigenvalue weighted by atomic mass is 16.5. The van der Waals surface area contributed by atoms with E-state index in [4.69, 9.17) is 15.2 Å². The summed E-state index contributed by atoms with van der Waals surface area (Å²) in [6, 6.07) is 20.9. The molecule has 0 radical (unpaired) electrons. The molecule has 0 heterocycles. The van der Waals surface area contributed by atoms with Gasteiger partial charge in [-0.25, -0.2) is 5.01 Å². The van der Waals surface area contributed by atoms with Crippen molar-refractivity contribution in [3.63, 3.8) is 0 Å². The molecule has 7 nitrogen and oxygen atoms in total. The van der Waals surface area contributed by atoms with Crippen LogP contribution in [0.25, 0.3) is 0 Å². The molecule has 0 atom stereocenters. The second-order valence-corrected chi connectivity index (χ2v) is 8.33. The third-order valence-corrected chi connectivity index (χ3v) is 5.84. The van der Waals surface area contributed by atoms with Crippen LogP contribution in [0.1, 0.15) is 52.0 Å². The minimum absolute atomic E-state index is 0.152. The van der Waals surface area contributed by atoms with Crippen LogP contribution in [0.4, 0.5) is 5.69 Å². The number of nitrogens with one attached hydrogen (secondary N) is 1. The highest BCUT2D eigenvalue weighted by molar-refractivity contribution is 5.99. The fraction of sp³-hybridized carbons (Fsp3) is 0.259. The number of benzene rings is 3. The molecule has 34 heavy (non-hydrogen) atoms. The topological polar surface area (TPSA) is 93.9 Å². The molecule has 3 N–H and O–H groups in total. The summed E-state index contributed by atoms with van der Waals surface area (Å²) in [4.78, 5) is 26.2. The Morgan fingerprint density at radius 3 is 2.32 bits per heavy atom. The van der Waals surface area contributed by atoms with E-state index >= 15 is 0 Å². The molecule has 2 amide bonds. The summed E-state index contributed by atoms with van der Waals surface area (Å²) >= 11 is 0. The molecule has 3 aromatic rings. The van der Waals surface area contributed by atoms with E-state index in [0.29, 0.717) is 28.3 Å².